The number of hydrogen-bond donors (Lipinski definition) is 1. The molecule has 98 valence electrons. The van der Waals surface area contributed by atoms with Crippen LogP contribution in [-0.4, -0.2) is 55.0 Å². The highest BCUT2D eigenvalue weighted by atomic mass is 15.3. The van der Waals surface area contributed by atoms with Crippen LogP contribution < -0.4 is 5.73 Å². The minimum Gasteiger partial charge on any atom is -0.370 e. The van der Waals surface area contributed by atoms with Crippen molar-refractivity contribution in [3.63, 3.8) is 0 Å². The highest BCUT2D eigenvalue weighted by molar-refractivity contribution is 5.78. The highest BCUT2D eigenvalue weighted by Gasteiger charge is 2.21. The molecule has 2 rings (SSSR count). The van der Waals surface area contributed by atoms with E-state index in [0.29, 0.717) is 0 Å². The molecule has 2 saturated heterocycles. The van der Waals surface area contributed by atoms with Gasteiger partial charge in [0.15, 0.2) is 5.96 Å². The van der Waals surface area contributed by atoms with E-state index in [0.717, 1.165) is 31.5 Å². The van der Waals surface area contributed by atoms with Crippen molar-refractivity contribution >= 4 is 5.96 Å². The van der Waals surface area contributed by atoms with Crippen molar-refractivity contribution in [1.82, 2.24) is 9.80 Å². The maximum atomic E-state index is 6.06. The molecule has 4 heteroatoms. The first-order valence-electron chi connectivity index (χ1n) is 7.07. The molecule has 17 heavy (non-hydrogen) atoms. The Hall–Kier alpha value is -0.770. The first-order valence-corrected chi connectivity index (χ1v) is 7.07. The Morgan fingerprint density at radius 3 is 2.65 bits per heavy atom. The molecule has 0 aromatic carbocycles. The van der Waals surface area contributed by atoms with Crippen LogP contribution in [0.3, 0.4) is 0 Å². The zero-order valence-electron chi connectivity index (χ0n) is 11.1. The van der Waals surface area contributed by atoms with Crippen molar-refractivity contribution in [1.29, 1.82) is 0 Å². The standard InChI is InChI=1S/C13H26N4/c1-2-16-9-6-12(11-16)10-15-13(14)17-7-4-3-5-8-17/h12H,2-11H2,1H3,(H2,14,15). The molecule has 2 aliphatic heterocycles. The van der Waals surface area contributed by atoms with Gasteiger partial charge in [-0.3, -0.25) is 4.99 Å². The van der Waals surface area contributed by atoms with Crippen LogP contribution >= 0.6 is 0 Å². The molecule has 2 heterocycles. The molecule has 2 fully saturated rings. The fraction of sp³-hybridized carbons (Fsp3) is 0.923. The minimum atomic E-state index is 0.721. The third kappa shape index (κ3) is 3.60. The number of aliphatic imine (C=N–C) groups is 1. The van der Waals surface area contributed by atoms with Crippen LogP contribution in [-0.2, 0) is 0 Å². The van der Waals surface area contributed by atoms with Crippen LogP contribution in [0.15, 0.2) is 4.99 Å². The van der Waals surface area contributed by atoms with Gasteiger partial charge in [-0.25, -0.2) is 0 Å². The molecule has 0 aliphatic carbocycles. The van der Waals surface area contributed by atoms with E-state index >= 15 is 0 Å². The number of piperidine rings is 1. The van der Waals surface area contributed by atoms with Gasteiger partial charge in [-0.2, -0.15) is 0 Å². The summed E-state index contributed by atoms with van der Waals surface area (Å²) in [6.07, 6.45) is 5.16. The summed E-state index contributed by atoms with van der Waals surface area (Å²) in [7, 11) is 0. The van der Waals surface area contributed by atoms with Crippen molar-refractivity contribution < 1.29 is 0 Å². The Morgan fingerprint density at radius 1 is 1.24 bits per heavy atom. The van der Waals surface area contributed by atoms with Crippen molar-refractivity contribution in [3.05, 3.63) is 0 Å². The quantitative estimate of drug-likeness (QED) is 0.592. The van der Waals surface area contributed by atoms with Gasteiger partial charge in [-0.1, -0.05) is 6.92 Å². The summed E-state index contributed by atoms with van der Waals surface area (Å²) in [5, 5.41) is 0. The molecule has 1 atom stereocenters. The second-order valence-electron chi connectivity index (χ2n) is 5.29. The smallest absolute Gasteiger partial charge is 0.191 e. The Bertz CT molecular complexity index is 258. The monoisotopic (exact) mass is 238 g/mol. The average Bonchev–Trinajstić information content (AvgIpc) is 2.85. The number of hydrogen-bond acceptors (Lipinski definition) is 2. The summed E-state index contributed by atoms with van der Waals surface area (Å²) in [4.78, 5) is 9.34. The van der Waals surface area contributed by atoms with Crippen molar-refractivity contribution in [2.45, 2.75) is 32.6 Å². The third-order valence-corrected chi connectivity index (χ3v) is 4.01. The average molecular weight is 238 g/mol. The number of nitrogens with zero attached hydrogens (tertiary/aromatic N) is 3. The molecule has 0 aromatic heterocycles. The van der Waals surface area contributed by atoms with Gasteiger partial charge in [-0.15, -0.1) is 0 Å². The van der Waals surface area contributed by atoms with Gasteiger partial charge in [0.25, 0.3) is 0 Å². The fourth-order valence-electron chi connectivity index (χ4n) is 2.79. The van der Waals surface area contributed by atoms with Gasteiger partial charge < -0.3 is 15.5 Å². The van der Waals surface area contributed by atoms with E-state index in [1.165, 1.54) is 45.3 Å². The largest absolute Gasteiger partial charge is 0.370 e. The van der Waals surface area contributed by atoms with Crippen molar-refractivity contribution in [2.75, 3.05) is 39.3 Å². The molecule has 2 aliphatic rings. The van der Waals surface area contributed by atoms with Crippen LogP contribution in [0.1, 0.15) is 32.6 Å². The van der Waals surface area contributed by atoms with Crippen molar-refractivity contribution in [2.24, 2.45) is 16.6 Å². The Balaban J connectivity index is 1.75. The van der Waals surface area contributed by atoms with Gasteiger partial charge in [0, 0.05) is 26.2 Å². The topological polar surface area (TPSA) is 44.9 Å². The predicted octanol–water partition coefficient (Wildman–Crippen LogP) is 1.13. The summed E-state index contributed by atoms with van der Waals surface area (Å²) in [6.45, 7) is 8.95. The lowest BCUT2D eigenvalue weighted by Crippen LogP contribution is -2.41. The summed E-state index contributed by atoms with van der Waals surface area (Å²) in [6, 6.07) is 0. The Morgan fingerprint density at radius 2 is 2.00 bits per heavy atom. The van der Waals surface area contributed by atoms with Gasteiger partial charge in [0.2, 0.25) is 0 Å². The van der Waals surface area contributed by atoms with Gasteiger partial charge in [0.05, 0.1) is 0 Å². The molecule has 0 spiro atoms. The second-order valence-corrected chi connectivity index (χ2v) is 5.29. The van der Waals surface area contributed by atoms with E-state index in [2.05, 4.69) is 21.7 Å². The molecule has 0 aromatic rings. The lowest BCUT2D eigenvalue weighted by Gasteiger charge is -2.27. The lowest BCUT2D eigenvalue weighted by atomic mass is 10.1. The summed E-state index contributed by atoms with van der Waals surface area (Å²) in [5.74, 6) is 1.50. The van der Waals surface area contributed by atoms with Crippen LogP contribution in [0, 0.1) is 5.92 Å². The summed E-state index contributed by atoms with van der Waals surface area (Å²) >= 11 is 0. The number of guanidine groups is 1. The molecule has 1 unspecified atom stereocenters. The number of likely N-dealkylation sites (tertiary alicyclic amines) is 2. The zero-order valence-corrected chi connectivity index (χ0v) is 11.1. The molecule has 0 saturated carbocycles. The molecule has 0 amide bonds. The van der Waals surface area contributed by atoms with Crippen molar-refractivity contribution in [3.8, 4) is 0 Å². The molecular weight excluding hydrogens is 212 g/mol. The first kappa shape index (κ1) is 12.7. The van der Waals surface area contributed by atoms with Gasteiger partial charge in [-0.05, 0) is 44.7 Å². The maximum Gasteiger partial charge on any atom is 0.191 e. The highest BCUT2D eigenvalue weighted by Crippen LogP contribution is 2.16. The fourth-order valence-corrected chi connectivity index (χ4v) is 2.79. The van der Waals surface area contributed by atoms with E-state index in [-0.39, 0.29) is 0 Å². The van der Waals surface area contributed by atoms with Crippen LogP contribution in [0.2, 0.25) is 0 Å². The predicted molar refractivity (Wildman–Crippen MR) is 72.1 cm³/mol. The van der Waals surface area contributed by atoms with E-state index in [1.807, 2.05) is 0 Å². The Kier molecular flexibility index (Phi) is 4.66. The lowest BCUT2D eigenvalue weighted by molar-refractivity contribution is 0.334. The zero-order chi connectivity index (χ0) is 12.1. The van der Waals surface area contributed by atoms with Crippen LogP contribution in [0.4, 0.5) is 0 Å². The molecule has 0 radical (unpaired) electrons. The molecule has 0 bridgehead atoms. The van der Waals surface area contributed by atoms with Gasteiger partial charge in [0.1, 0.15) is 0 Å². The third-order valence-electron chi connectivity index (χ3n) is 4.01. The summed E-state index contributed by atoms with van der Waals surface area (Å²) < 4.78 is 0. The van der Waals surface area contributed by atoms with E-state index in [1.54, 1.807) is 0 Å². The van der Waals surface area contributed by atoms with Crippen LogP contribution in [0.5, 0.6) is 0 Å². The molecule has 4 nitrogen and oxygen atoms in total. The normalized spacial score (nSPS) is 27.7. The molecular formula is C13H26N4. The van der Waals surface area contributed by atoms with Gasteiger partial charge >= 0.3 is 0 Å². The van der Waals surface area contributed by atoms with E-state index < -0.39 is 0 Å². The number of rotatable bonds is 3. The minimum absolute atomic E-state index is 0.721. The van der Waals surface area contributed by atoms with E-state index in [4.69, 9.17) is 5.73 Å². The summed E-state index contributed by atoms with van der Waals surface area (Å²) in [5.41, 5.74) is 6.06. The molecule has 2 N–H and O–H groups in total. The first-order chi connectivity index (χ1) is 8.29. The number of nitrogens with two attached hydrogens (primary N) is 1. The van der Waals surface area contributed by atoms with E-state index in [9.17, 15) is 0 Å². The second kappa shape index (κ2) is 6.24. The Labute approximate surface area is 105 Å². The maximum absolute atomic E-state index is 6.06. The SMILES string of the molecule is CCN1CCC(CN=C(N)N2CCCCC2)C1. The van der Waals surface area contributed by atoms with Crippen LogP contribution in [0.25, 0.3) is 0 Å².